The minimum atomic E-state index is -0.377. The van der Waals surface area contributed by atoms with Gasteiger partial charge in [0.25, 0.3) is 0 Å². The maximum atomic E-state index is 13.8. The first-order valence-corrected chi connectivity index (χ1v) is 6.87. The molecule has 0 saturated carbocycles. The standard InChI is InChI=1S/C13H9BrClFN2S/c14-7-1-3-12(10(16)5-7)18-11-4-2-8(15)6-9(11)13(17)19/h1-6,18H,(H2,17,19). The minimum Gasteiger partial charge on any atom is -0.389 e. The second-order valence-corrected chi connectivity index (χ2v) is 5.60. The average molecular weight is 360 g/mol. The van der Waals surface area contributed by atoms with Crippen LogP contribution in [0.15, 0.2) is 40.9 Å². The summed E-state index contributed by atoms with van der Waals surface area (Å²) in [7, 11) is 0. The summed E-state index contributed by atoms with van der Waals surface area (Å²) in [6.45, 7) is 0. The molecule has 0 spiro atoms. The number of thiocarbonyl (C=S) groups is 1. The zero-order chi connectivity index (χ0) is 14.0. The third-order valence-electron chi connectivity index (χ3n) is 2.45. The van der Waals surface area contributed by atoms with Crippen LogP contribution in [0.1, 0.15) is 5.56 Å². The molecule has 2 nitrogen and oxygen atoms in total. The van der Waals surface area contributed by atoms with Crippen molar-refractivity contribution < 1.29 is 4.39 Å². The zero-order valence-electron chi connectivity index (χ0n) is 9.58. The van der Waals surface area contributed by atoms with Crippen molar-refractivity contribution in [2.75, 3.05) is 5.32 Å². The summed E-state index contributed by atoms with van der Waals surface area (Å²) < 4.78 is 14.4. The highest BCUT2D eigenvalue weighted by Gasteiger charge is 2.09. The maximum absolute atomic E-state index is 13.8. The summed E-state index contributed by atoms with van der Waals surface area (Å²) in [5, 5.41) is 3.47. The third kappa shape index (κ3) is 3.43. The molecular formula is C13H9BrClFN2S. The quantitative estimate of drug-likeness (QED) is 0.785. The topological polar surface area (TPSA) is 38.0 Å². The second-order valence-electron chi connectivity index (χ2n) is 3.80. The number of nitrogens with one attached hydrogen (secondary N) is 1. The lowest BCUT2D eigenvalue weighted by Crippen LogP contribution is -2.12. The summed E-state index contributed by atoms with van der Waals surface area (Å²) >= 11 is 14.1. The van der Waals surface area contributed by atoms with E-state index in [0.29, 0.717) is 26.4 Å². The Morgan fingerprint density at radius 1 is 1.21 bits per heavy atom. The predicted molar refractivity (Wildman–Crippen MR) is 84.7 cm³/mol. The fraction of sp³-hybridized carbons (Fsp3) is 0. The molecule has 0 aromatic heterocycles. The van der Waals surface area contributed by atoms with Crippen LogP contribution in [-0.4, -0.2) is 4.99 Å². The van der Waals surface area contributed by atoms with Crippen molar-refractivity contribution in [3.8, 4) is 0 Å². The fourth-order valence-corrected chi connectivity index (χ4v) is 2.24. The van der Waals surface area contributed by atoms with Gasteiger partial charge in [-0.3, -0.25) is 0 Å². The van der Waals surface area contributed by atoms with Gasteiger partial charge in [-0.05, 0) is 36.4 Å². The molecule has 0 aliphatic rings. The summed E-state index contributed by atoms with van der Waals surface area (Å²) in [5.41, 5.74) is 7.15. The number of rotatable bonds is 3. The van der Waals surface area contributed by atoms with Crippen LogP contribution in [0.3, 0.4) is 0 Å². The van der Waals surface area contributed by atoms with Gasteiger partial charge < -0.3 is 11.1 Å². The largest absolute Gasteiger partial charge is 0.389 e. The predicted octanol–water partition coefficient (Wildman–Crippen LogP) is 4.62. The van der Waals surface area contributed by atoms with E-state index in [1.165, 1.54) is 6.07 Å². The van der Waals surface area contributed by atoms with Crippen LogP contribution in [0.5, 0.6) is 0 Å². The number of nitrogens with two attached hydrogens (primary N) is 1. The maximum Gasteiger partial charge on any atom is 0.147 e. The molecule has 98 valence electrons. The highest BCUT2D eigenvalue weighted by molar-refractivity contribution is 9.10. The van der Waals surface area contributed by atoms with E-state index in [1.54, 1.807) is 30.3 Å². The molecule has 0 heterocycles. The second kappa shape index (κ2) is 5.86. The Hall–Kier alpha value is -1.17. The Bertz CT molecular complexity index is 649. The summed E-state index contributed by atoms with van der Waals surface area (Å²) in [5.74, 6) is -0.377. The summed E-state index contributed by atoms with van der Waals surface area (Å²) in [6, 6.07) is 9.77. The van der Waals surface area contributed by atoms with Gasteiger partial charge in [0.05, 0.1) is 5.69 Å². The van der Waals surface area contributed by atoms with Crippen molar-refractivity contribution >= 4 is 56.1 Å². The van der Waals surface area contributed by atoms with Gasteiger partial charge in [-0.25, -0.2) is 4.39 Å². The van der Waals surface area contributed by atoms with Crippen molar-refractivity contribution in [1.29, 1.82) is 0 Å². The molecule has 0 fully saturated rings. The van der Waals surface area contributed by atoms with Gasteiger partial charge in [0, 0.05) is 20.7 Å². The average Bonchev–Trinajstić information content (AvgIpc) is 2.34. The molecule has 0 aliphatic heterocycles. The molecular weight excluding hydrogens is 351 g/mol. The zero-order valence-corrected chi connectivity index (χ0v) is 12.7. The molecule has 0 atom stereocenters. The van der Waals surface area contributed by atoms with Gasteiger partial charge in [0.15, 0.2) is 0 Å². The van der Waals surface area contributed by atoms with E-state index in [1.807, 2.05) is 0 Å². The van der Waals surface area contributed by atoms with Gasteiger partial charge in [-0.1, -0.05) is 39.7 Å². The van der Waals surface area contributed by atoms with Crippen molar-refractivity contribution in [1.82, 2.24) is 0 Å². The Morgan fingerprint density at radius 2 is 1.89 bits per heavy atom. The molecule has 0 bridgehead atoms. The van der Waals surface area contributed by atoms with E-state index >= 15 is 0 Å². The molecule has 0 radical (unpaired) electrons. The number of hydrogen-bond donors (Lipinski definition) is 2. The molecule has 6 heteroatoms. The minimum absolute atomic E-state index is 0.197. The number of anilines is 2. The normalized spacial score (nSPS) is 10.3. The molecule has 0 amide bonds. The molecule has 0 unspecified atom stereocenters. The van der Waals surface area contributed by atoms with Crippen LogP contribution >= 0.6 is 39.7 Å². The van der Waals surface area contributed by atoms with Crippen LogP contribution in [0, 0.1) is 5.82 Å². The van der Waals surface area contributed by atoms with Gasteiger partial charge >= 0.3 is 0 Å². The van der Waals surface area contributed by atoms with E-state index in [0.717, 1.165) is 0 Å². The smallest absolute Gasteiger partial charge is 0.147 e. The Morgan fingerprint density at radius 3 is 2.53 bits per heavy atom. The van der Waals surface area contributed by atoms with Gasteiger partial charge in [0.2, 0.25) is 0 Å². The monoisotopic (exact) mass is 358 g/mol. The number of benzene rings is 2. The lowest BCUT2D eigenvalue weighted by Gasteiger charge is -2.12. The molecule has 2 aromatic carbocycles. The SMILES string of the molecule is NC(=S)c1cc(Cl)ccc1Nc1ccc(Br)cc1F. The van der Waals surface area contributed by atoms with Gasteiger partial charge in [-0.2, -0.15) is 0 Å². The van der Waals surface area contributed by atoms with E-state index in [2.05, 4.69) is 21.2 Å². The summed E-state index contributed by atoms with van der Waals surface area (Å²) in [6.07, 6.45) is 0. The van der Waals surface area contributed by atoms with E-state index < -0.39 is 0 Å². The van der Waals surface area contributed by atoms with Crippen LogP contribution in [0.25, 0.3) is 0 Å². The van der Waals surface area contributed by atoms with E-state index in [-0.39, 0.29) is 10.8 Å². The number of halogens is 3. The highest BCUT2D eigenvalue weighted by Crippen LogP contribution is 2.27. The molecule has 19 heavy (non-hydrogen) atoms. The molecule has 0 aliphatic carbocycles. The first kappa shape index (κ1) is 14.2. The van der Waals surface area contributed by atoms with Gasteiger partial charge in [-0.15, -0.1) is 0 Å². The van der Waals surface area contributed by atoms with Crippen molar-refractivity contribution in [3.05, 3.63) is 57.3 Å². The van der Waals surface area contributed by atoms with E-state index in [4.69, 9.17) is 29.6 Å². The van der Waals surface area contributed by atoms with Crippen LogP contribution < -0.4 is 11.1 Å². The van der Waals surface area contributed by atoms with Crippen molar-refractivity contribution in [2.24, 2.45) is 5.73 Å². The lowest BCUT2D eigenvalue weighted by atomic mass is 10.1. The van der Waals surface area contributed by atoms with E-state index in [9.17, 15) is 4.39 Å². The molecule has 2 aromatic rings. The Labute approximate surface area is 128 Å². The lowest BCUT2D eigenvalue weighted by molar-refractivity contribution is 0.631. The third-order valence-corrected chi connectivity index (χ3v) is 3.40. The van der Waals surface area contributed by atoms with Gasteiger partial charge in [0.1, 0.15) is 10.8 Å². The number of hydrogen-bond acceptors (Lipinski definition) is 2. The Kier molecular flexibility index (Phi) is 4.39. The van der Waals surface area contributed by atoms with Crippen LogP contribution in [0.4, 0.5) is 15.8 Å². The molecule has 3 N–H and O–H groups in total. The Balaban J connectivity index is 2.40. The highest BCUT2D eigenvalue weighted by atomic mass is 79.9. The fourth-order valence-electron chi connectivity index (χ4n) is 1.57. The summed E-state index contributed by atoms with van der Waals surface area (Å²) in [4.78, 5) is 0.197. The van der Waals surface area contributed by atoms with Crippen molar-refractivity contribution in [2.45, 2.75) is 0 Å². The first-order chi connectivity index (χ1) is 8.97. The molecule has 2 rings (SSSR count). The van der Waals surface area contributed by atoms with Crippen molar-refractivity contribution in [3.63, 3.8) is 0 Å². The molecule has 0 saturated heterocycles. The first-order valence-electron chi connectivity index (χ1n) is 5.29. The van der Waals surface area contributed by atoms with Crippen LogP contribution in [-0.2, 0) is 0 Å². The van der Waals surface area contributed by atoms with Crippen LogP contribution in [0.2, 0.25) is 5.02 Å².